The maximum Gasteiger partial charge on any atom is 0.305 e. The number of aryl methyl sites for hydroxylation is 1. The van der Waals surface area contributed by atoms with E-state index >= 15 is 0 Å². The summed E-state index contributed by atoms with van der Waals surface area (Å²) in [6, 6.07) is -0.829. The molecule has 9 nitrogen and oxygen atoms in total. The van der Waals surface area contributed by atoms with E-state index in [0.29, 0.717) is 49.6 Å². The Labute approximate surface area is 162 Å². The lowest BCUT2D eigenvalue weighted by atomic mass is 10.2. The number of ether oxygens (including phenoxy) is 1. The summed E-state index contributed by atoms with van der Waals surface area (Å²) in [6.45, 7) is 7.49. The number of morpholine rings is 1. The van der Waals surface area contributed by atoms with Crippen molar-refractivity contribution in [3.8, 4) is 0 Å². The number of thiazole rings is 1. The number of aromatic nitrogens is 1. The number of hydrogen-bond donors (Lipinski definition) is 2. The zero-order valence-corrected chi connectivity index (χ0v) is 17.2. The van der Waals surface area contributed by atoms with Crippen LogP contribution in [0.15, 0.2) is 9.00 Å². The van der Waals surface area contributed by atoms with Gasteiger partial charge in [0.15, 0.2) is 4.21 Å². The van der Waals surface area contributed by atoms with Crippen molar-refractivity contribution in [2.75, 3.05) is 39.4 Å². The second kappa shape index (κ2) is 8.39. The van der Waals surface area contributed by atoms with E-state index in [1.165, 1.54) is 4.31 Å². The van der Waals surface area contributed by atoms with Crippen LogP contribution in [0.1, 0.15) is 25.5 Å². The second-order valence-corrected chi connectivity index (χ2v) is 10.1. The molecule has 2 aliphatic heterocycles. The molecule has 0 radical (unpaired) electrons. The first-order valence-electron chi connectivity index (χ1n) is 9.11. The van der Waals surface area contributed by atoms with Gasteiger partial charge in [0.2, 0.25) is 5.91 Å². The third kappa shape index (κ3) is 4.60. The molecule has 2 fully saturated rings. The molecule has 2 aliphatic rings. The number of carbonyl (C=O) groups is 1. The van der Waals surface area contributed by atoms with Gasteiger partial charge in [-0.25, -0.2) is 8.42 Å². The molecule has 2 atom stereocenters. The molecule has 3 heterocycles. The lowest BCUT2D eigenvalue weighted by Gasteiger charge is -2.30. The fraction of sp³-hybridized carbons (Fsp3) is 0.750. The number of H-pyrrole nitrogens is 1. The summed E-state index contributed by atoms with van der Waals surface area (Å²) in [5.74, 6) is -0.280. The SMILES string of the molecule is Cc1[nH]c(=O)sc1S(=O)(=O)N1CCC[C@H]1C(=O)N[C@@H](C)CN1CCOCC1. The summed E-state index contributed by atoms with van der Waals surface area (Å²) >= 11 is 0.668. The number of nitrogens with zero attached hydrogens (tertiary/aromatic N) is 2. The van der Waals surface area contributed by atoms with Crippen molar-refractivity contribution < 1.29 is 17.9 Å². The zero-order chi connectivity index (χ0) is 19.6. The molecule has 11 heteroatoms. The first kappa shape index (κ1) is 20.5. The highest BCUT2D eigenvalue weighted by Crippen LogP contribution is 2.28. The van der Waals surface area contributed by atoms with Crippen LogP contribution in [0.2, 0.25) is 0 Å². The van der Waals surface area contributed by atoms with E-state index in [4.69, 9.17) is 4.74 Å². The van der Waals surface area contributed by atoms with Crippen LogP contribution in [0.25, 0.3) is 0 Å². The molecule has 0 aromatic carbocycles. The maximum atomic E-state index is 13.0. The predicted molar refractivity (Wildman–Crippen MR) is 101 cm³/mol. The molecular weight excluding hydrogens is 392 g/mol. The largest absolute Gasteiger partial charge is 0.379 e. The van der Waals surface area contributed by atoms with Crippen molar-refractivity contribution >= 4 is 27.3 Å². The average Bonchev–Trinajstić information content (AvgIpc) is 3.22. The van der Waals surface area contributed by atoms with Gasteiger partial charge >= 0.3 is 4.87 Å². The molecule has 2 N–H and O–H groups in total. The van der Waals surface area contributed by atoms with Gasteiger partial charge in [-0.1, -0.05) is 11.3 Å². The van der Waals surface area contributed by atoms with Crippen molar-refractivity contribution in [2.24, 2.45) is 0 Å². The summed E-state index contributed by atoms with van der Waals surface area (Å²) < 4.78 is 32.5. The number of carbonyl (C=O) groups excluding carboxylic acids is 1. The number of hydrogen-bond acceptors (Lipinski definition) is 7. The van der Waals surface area contributed by atoms with Gasteiger partial charge in [-0.05, 0) is 26.7 Å². The molecular formula is C16H26N4O5S2. The molecule has 0 saturated carbocycles. The van der Waals surface area contributed by atoms with Gasteiger partial charge in [-0.2, -0.15) is 4.31 Å². The zero-order valence-electron chi connectivity index (χ0n) is 15.6. The molecule has 0 unspecified atom stereocenters. The minimum Gasteiger partial charge on any atom is -0.379 e. The smallest absolute Gasteiger partial charge is 0.305 e. The highest BCUT2D eigenvalue weighted by Gasteiger charge is 2.41. The number of sulfonamides is 1. The molecule has 152 valence electrons. The van der Waals surface area contributed by atoms with Gasteiger partial charge < -0.3 is 15.0 Å². The van der Waals surface area contributed by atoms with E-state index in [1.54, 1.807) is 6.92 Å². The minimum absolute atomic E-state index is 0.00596. The van der Waals surface area contributed by atoms with Gasteiger partial charge in [-0.3, -0.25) is 14.5 Å². The maximum absolute atomic E-state index is 13.0. The number of rotatable bonds is 6. The molecule has 3 rings (SSSR count). The van der Waals surface area contributed by atoms with Gasteiger partial charge in [0.25, 0.3) is 10.0 Å². The normalized spacial score (nSPS) is 23.4. The van der Waals surface area contributed by atoms with E-state index in [2.05, 4.69) is 15.2 Å². The Morgan fingerprint density at radius 2 is 2.07 bits per heavy atom. The fourth-order valence-electron chi connectivity index (χ4n) is 3.59. The molecule has 27 heavy (non-hydrogen) atoms. The number of aromatic amines is 1. The monoisotopic (exact) mass is 418 g/mol. The van der Waals surface area contributed by atoms with Gasteiger partial charge in [0, 0.05) is 37.9 Å². The molecule has 1 aromatic heterocycles. The highest BCUT2D eigenvalue weighted by atomic mass is 32.2. The van der Waals surface area contributed by atoms with E-state index in [0.717, 1.165) is 13.1 Å². The van der Waals surface area contributed by atoms with Crippen molar-refractivity contribution in [1.82, 2.24) is 19.5 Å². The van der Waals surface area contributed by atoms with Crippen molar-refractivity contribution in [1.29, 1.82) is 0 Å². The molecule has 2 saturated heterocycles. The van der Waals surface area contributed by atoms with Crippen LogP contribution in [0.4, 0.5) is 0 Å². The van der Waals surface area contributed by atoms with E-state index in [9.17, 15) is 18.0 Å². The summed E-state index contributed by atoms with van der Waals surface area (Å²) in [7, 11) is -3.87. The topological polar surface area (TPSA) is 112 Å². The molecule has 0 bridgehead atoms. The van der Waals surface area contributed by atoms with Crippen LogP contribution in [-0.4, -0.2) is 80.0 Å². The predicted octanol–water partition coefficient (Wildman–Crippen LogP) is -0.265. The lowest BCUT2D eigenvalue weighted by molar-refractivity contribution is -0.125. The Bertz CT molecular complexity index is 828. The number of amides is 1. The first-order chi connectivity index (χ1) is 12.8. The Kier molecular flexibility index (Phi) is 6.36. The summed E-state index contributed by atoms with van der Waals surface area (Å²) in [6.07, 6.45) is 1.10. The molecule has 0 spiro atoms. The van der Waals surface area contributed by atoms with Crippen LogP contribution < -0.4 is 10.2 Å². The summed E-state index contributed by atoms with van der Waals surface area (Å²) in [5, 5.41) is 2.95. The van der Waals surface area contributed by atoms with Crippen molar-refractivity contribution in [2.45, 2.75) is 43.0 Å². The standard InChI is InChI=1S/C16H26N4O5S2/c1-11(10-19-6-8-25-9-7-19)17-14(21)13-4-3-5-20(13)27(23,24)15-12(2)18-16(22)26-15/h11,13H,3-10H2,1-2H3,(H,17,21)(H,18,22)/t11-,13-/m0/s1. The Morgan fingerprint density at radius 3 is 2.70 bits per heavy atom. The molecule has 1 aromatic rings. The Hall–Kier alpha value is -1.27. The van der Waals surface area contributed by atoms with Crippen molar-refractivity contribution in [3.05, 3.63) is 15.4 Å². The van der Waals surface area contributed by atoms with Crippen LogP contribution >= 0.6 is 11.3 Å². The fourth-order valence-corrected chi connectivity index (χ4v) is 6.66. The first-order valence-corrected chi connectivity index (χ1v) is 11.4. The van der Waals surface area contributed by atoms with Gasteiger partial charge in [0.1, 0.15) is 6.04 Å². The van der Waals surface area contributed by atoms with Crippen LogP contribution in [0.3, 0.4) is 0 Å². The minimum atomic E-state index is -3.87. The van der Waals surface area contributed by atoms with Gasteiger partial charge in [0.05, 0.1) is 13.2 Å². The number of nitrogens with one attached hydrogen (secondary N) is 2. The van der Waals surface area contributed by atoms with E-state index in [-0.39, 0.29) is 22.7 Å². The van der Waals surface area contributed by atoms with E-state index in [1.807, 2.05) is 6.92 Å². The Balaban J connectivity index is 1.67. The van der Waals surface area contributed by atoms with Crippen LogP contribution in [-0.2, 0) is 19.6 Å². The highest BCUT2D eigenvalue weighted by molar-refractivity contribution is 7.91. The average molecular weight is 419 g/mol. The third-order valence-electron chi connectivity index (χ3n) is 4.85. The molecule has 0 aliphatic carbocycles. The quantitative estimate of drug-likeness (QED) is 0.658. The van der Waals surface area contributed by atoms with Crippen LogP contribution in [0.5, 0.6) is 0 Å². The second-order valence-electron chi connectivity index (χ2n) is 7.02. The van der Waals surface area contributed by atoms with Crippen LogP contribution in [0, 0.1) is 6.92 Å². The van der Waals surface area contributed by atoms with E-state index < -0.39 is 20.9 Å². The Morgan fingerprint density at radius 1 is 1.37 bits per heavy atom. The summed E-state index contributed by atoms with van der Waals surface area (Å²) in [5.41, 5.74) is 0.316. The van der Waals surface area contributed by atoms with Crippen molar-refractivity contribution in [3.63, 3.8) is 0 Å². The lowest BCUT2D eigenvalue weighted by Crippen LogP contribution is -2.51. The third-order valence-corrected chi connectivity index (χ3v) is 8.35. The molecule has 1 amide bonds. The summed E-state index contributed by atoms with van der Waals surface area (Å²) in [4.78, 5) is 28.6. The van der Waals surface area contributed by atoms with Gasteiger partial charge in [-0.15, -0.1) is 0 Å².